The van der Waals surface area contributed by atoms with Crippen molar-refractivity contribution in [2.45, 2.75) is 13.0 Å². The summed E-state index contributed by atoms with van der Waals surface area (Å²) in [6.07, 6.45) is 5.78. The van der Waals surface area contributed by atoms with E-state index in [1.165, 1.54) is 11.6 Å². The highest BCUT2D eigenvalue weighted by molar-refractivity contribution is 5.90. The van der Waals surface area contributed by atoms with Crippen LogP contribution in [0.2, 0.25) is 0 Å². The number of aromatic amines is 1. The molecule has 0 unspecified atom stereocenters. The molecule has 158 valence electrons. The second-order valence-electron chi connectivity index (χ2n) is 7.03. The Balaban J connectivity index is 1.64. The zero-order chi connectivity index (χ0) is 21.3. The van der Waals surface area contributed by atoms with Crippen LogP contribution in [0, 0.1) is 0 Å². The average molecular weight is 409 g/mol. The number of methoxy groups -OCH3 is 1. The van der Waals surface area contributed by atoms with Gasteiger partial charge in [0.15, 0.2) is 0 Å². The van der Waals surface area contributed by atoms with Crippen LogP contribution in [0.5, 0.6) is 5.75 Å². The Morgan fingerprint density at radius 1 is 1.20 bits per heavy atom. The maximum atomic E-state index is 11.1. The van der Waals surface area contributed by atoms with Crippen LogP contribution >= 0.6 is 0 Å². The Hall–Kier alpha value is -3.13. The summed E-state index contributed by atoms with van der Waals surface area (Å²) in [5.74, 6) is 0.268. The molecule has 1 aromatic heterocycles. The van der Waals surface area contributed by atoms with Crippen LogP contribution < -0.4 is 10.2 Å². The van der Waals surface area contributed by atoms with Gasteiger partial charge >= 0.3 is 0 Å². The van der Waals surface area contributed by atoms with Crippen molar-refractivity contribution in [3.63, 3.8) is 0 Å². The molecule has 0 spiro atoms. The zero-order valence-electron chi connectivity index (χ0n) is 17.0. The largest absolute Gasteiger partial charge is 0.497 e. The van der Waals surface area contributed by atoms with Crippen LogP contribution in [-0.2, 0) is 17.8 Å². The van der Waals surface area contributed by atoms with E-state index in [4.69, 9.17) is 9.94 Å². The molecule has 0 aliphatic heterocycles. The van der Waals surface area contributed by atoms with Crippen LogP contribution in [0.4, 0.5) is 0 Å². The van der Waals surface area contributed by atoms with E-state index in [-0.39, 0.29) is 6.61 Å². The number of benzene rings is 2. The van der Waals surface area contributed by atoms with Crippen molar-refractivity contribution >= 4 is 22.9 Å². The van der Waals surface area contributed by atoms with Gasteiger partial charge in [0, 0.05) is 42.8 Å². The van der Waals surface area contributed by atoms with E-state index in [2.05, 4.69) is 9.88 Å². The lowest BCUT2D eigenvalue weighted by molar-refractivity contribution is -0.124. The first kappa shape index (κ1) is 21.6. The summed E-state index contributed by atoms with van der Waals surface area (Å²) in [5, 5.41) is 19.1. The third-order valence-corrected chi connectivity index (χ3v) is 5.01. The van der Waals surface area contributed by atoms with E-state index in [0.29, 0.717) is 13.1 Å². The maximum Gasteiger partial charge on any atom is 0.267 e. The minimum Gasteiger partial charge on any atom is -0.497 e. The number of aliphatic hydroxyl groups is 1. The van der Waals surface area contributed by atoms with Gasteiger partial charge in [-0.05, 0) is 47.4 Å². The Kier molecular flexibility index (Phi) is 7.62. The third-order valence-electron chi connectivity index (χ3n) is 5.01. The topological polar surface area (TPSA) is 97.8 Å². The molecule has 0 saturated heterocycles. The molecule has 7 heteroatoms. The molecule has 0 aliphatic rings. The summed E-state index contributed by atoms with van der Waals surface area (Å²) in [6, 6.07) is 13.8. The number of rotatable bonds is 10. The summed E-state index contributed by atoms with van der Waals surface area (Å²) in [6.45, 7) is 2.21. The molecule has 3 aromatic rings. The molecule has 0 saturated carbocycles. The first-order chi connectivity index (χ1) is 14.6. The standard InChI is InChI=1S/C23H27N3O4/c1-30-20-7-8-22-21(14-20)19(15-24-22)10-11-26(12-13-27)16-18-4-2-17(3-5-18)6-9-23(28)25-29/h2-9,14-15,24,27,29H,10-13,16H2,1H3,(H,25,28)/b9-6+. The molecule has 1 amide bonds. The van der Waals surface area contributed by atoms with Crippen molar-refractivity contribution in [2.75, 3.05) is 26.8 Å². The van der Waals surface area contributed by atoms with Gasteiger partial charge in [0.05, 0.1) is 13.7 Å². The van der Waals surface area contributed by atoms with E-state index < -0.39 is 5.91 Å². The number of hydrogen-bond acceptors (Lipinski definition) is 5. The van der Waals surface area contributed by atoms with Crippen molar-refractivity contribution in [2.24, 2.45) is 0 Å². The SMILES string of the molecule is COc1ccc2[nH]cc(CCN(CCO)Cc3ccc(/C=C/C(=O)NO)cc3)c2c1. The first-order valence-electron chi connectivity index (χ1n) is 9.81. The second kappa shape index (κ2) is 10.6. The average Bonchev–Trinajstić information content (AvgIpc) is 3.19. The quantitative estimate of drug-likeness (QED) is 0.235. The smallest absolute Gasteiger partial charge is 0.267 e. The molecule has 30 heavy (non-hydrogen) atoms. The van der Waals surface area contributed by atoms with Crippen LogP contribution in [0.25, 0.3) is 17.0 Å². The lowest BCUT2D eigenvalue weighted by atomic mass is 10.1. The fourth-order valence-electron chi connectivity index (χ4n) is 3.38. The number of nitrogens with zero attached hydrogens (tertiary/aromatic N) is 1. The predicted molar refractivity (Wildman–Crippen MR) is 116 cm³/mol. The van der Waals surface area contributed by atoms with E-state index in [1.807, 2.05) is 48.7 Å². The van der Waals surface area contributed by atoms with Crippen LogP contribution in [0.1, 0.15) is 16.7 Å². The van der Waals surface area contributed by atoms with Crippen molar-refractivity contribution in [3.05, 3.63) is 71.4 Å². The number of H-pyrrole nitrogens is 1. The molecule has 0 aliphatic carbocycles. The monoisotopic (exact) mass is 409 g/mol. The van der Waals surface area contributed by atoms with Crippen LogP contribution in [0.3, 0.4) is 0 Å². The van der Waals surface area contributed by atoms with Crippen molar-refractivity contribution < 1.29 is 19.8 Å². The van der Waals surface area contributed by atoms with Gasteiger partial charge < -0.3 is 14.8 Å². The van der Waals surface area contributed by atoms with E-state index in [0.717, 1.165) is 40.7 Å². The number of aromatic nitrogens is 1. The zero-order valence-corrected chi connectivity index (χ0v) is 17.0. The van der Waals surface area contributed by atoms with E-state index in [9.17, 15) is 9.90 Å². The number of carbonyl (C=O) groups is 1. The molecule has 4 N–H and O–H groups in total. The lowest BCUT2D eigenvalue weighted by Gasteiger charge is -2.21. The van der Waals surface area contributed by atoms with Crippen molar-refractivity contribution in [3.8, 4) is 5.75 Å². The highest BCUT2D eigenvalue weighted by Gasteiger charge is 2.10. The number of nitrogens with one attached hydrogen (secondary N) is 2. The lowest BCUT2D eigenvalue weighted by Crippen LogP contribution is -2.28. The molecule has 0 fully saturated rings. The molecule has 0 atom stereocenters. The van der Waals surface area contributed by atoms with E-state index in [1.54, 1.807) is 18.7 Å². The Morgan fingerprint density at radius 3 is 2.70 bits per heavy atom. The molecule has 1 heterocycles. The van der Waals surface area contributed by atoms with Gasteiger partial charge in [-0.1, -0.05) is 24.3 Å². The summed E-state index contributed by atoms with van der Waals surface area (Å²) in [4.78, 5) is 16.6. The number of aliphatic hydroxyl groups excluding tert-OH is 1. The summed E-state index contributed by atoms with van der Waals surface area (Å²) >= 11 is 0. The molecular formula is C23H27N3O4. The third kappa shape index (κ3) is 5.70. The van der Waals surface area contributed by atoms with Crippen molar-refractivity contribution in [1.29, 1.82) is 0 Å². The number of hydrogen-bond donors (Lipinski definition) is 4. The minimum absolute atomic E-state index is 0.0960. The number of hydroxylamine groups is 1. The summed E-state index contributed by atoms with van der Waals surface area (Å²) in [7, 11) is 1.67. The Labute approximate surface area is 175 Å². The van der Waals surface area contributed by atoms with Gasteiger partial charge in [0.2, 0.25) is 0 Å². The van der Waals surface area contributed by atoms with E-state index >= 15 is 0 Å². The van der Waals surface area contributed by atoms with Gasteiger partial charge in [-0.2, -0.15) is 0 Å². The first-order valence-corrected chi connectivity index (χ1v) is 9.81. The normalized spacial score (nSPS) is 11.5. The molecule has 3 rings (SSSR count). The highest BCUT2D eigenvalue weighted by atomic mass is 16.5. The number of carbonyl (C=O) groups excluding carboxylic acids is 1. The summed E-state index contributed by atoms with van der Waals surface area (Å²) in [5.41, 5.74) is 5.85. The second-order valence-corrected chi connectivity index (χ2v) is 7.03. The van der Waals surface area contributed by atoms with Gasteiger partial charge in [-0.15, -0.1) is 0 Å². The number of fused-ring (bicyclic) bond motifs is 1. The van der Waals surface area contributed by atoms with Gasteiger partial charge in [-0.3, -0.25) is 14.9 Å². The van der Waals surface area contributed by atoms with Gasteiger partial charge in [-0.25, -0.2) is 5.48 Å². The Bertz CT molecular complexity index is 995. The number of ether oxygens (including phenoxy) is 1. The van der Waals surface area contributed by atoms with Crippen LogP contribution in [-0.4, -0.2) is 52.9 Å². The number of amides is 1. The maximum absolute atomic E-state index is 11.1. The minimum atomic E-state index is -0.567. The predicted octanol–water partition coefficient (Wildman–Crippen LogP) is 2.73. The fourth-order valence-corrected chi connectivity index (χ4v) is 3.38. The highest BCUT2D eigenvalue weighted by Crippen LogP contribution is 2.24. The molecular weight excluding hydrogens is 382 g/mol. The van der Waals surface area contributed by atoms with Gasteiger partial charge in [0.25, 0.3) is 5.91 Å². The Morgan fingerprint density at radius 2 is 2.00 bits per heavy atom. The molecule has 0 bridgehead atoms. The molecule has 2 aromatic carbocycles. The summed E-state index contributed by atoms with van der Waals surface area (Å²) < 4.78 is 5.34. The van der Waals surface area contributed by atoms with Crippen molar-refractivity contribution in [1.82, 2.24) is 15.4 Å². The molecule has 7 nitrogen and oxygen atoms in total. The van der Waals surface area contributed by atoms with Gasteiger partial charge in [0.1, 0.15) is 5.75 Å². The fraction of sp³-hybridized carbons (Fsp3) is 0.261. The molecule has 0 radical (unpaired) electrons. The van der Waals surface area contributed by atoms with Crippen LogP contribution in [0.15, 0.2) is 54.7 Å².